The van der Waals surface area contributed by atoms with E-state index in [4.69, 9.17) is 11.6 Å². The lowest BCUT2D eigenvalue weighted by Gasteiger charge is -2.12. The van der Waals surface area contributed by atoms with Crippen LogP contribution in [0.4, 0.5) is 0 Å². The number of carbonyl (C=O) groups excluding carboxylic acids is 1. The molecule has 0 radical (unpaired) electrons. The summed E-state index contributed by atoms with van der Waals surface area (Å²) in [6, 6.07) is 9.19. The normalized spacial score (nSPS) is 22.8. The predicted molar refractivity (Wildman–Crippen MR) is 72.7 cm³/mol. The van der Waals surface area contributed by atoms with Gasteiger partial charge in [0.2, 0.25) is 0 Å². The summed E-state index contributed by atoms with van der Waals surface area (Å²) < 4.78 is 0. The molecule has 98 valence electrons. The molecule has 1 saturated heterocycles. The van der Waals surface area contributed by atoms with E-state index >= 15 is 0 Å². The highest BCUT2D eigenvalue weighted by molar-refractivity contribution is 7.99. The molecule has 0 bridgehead atoms. The average Bonchev–Trinajstić information content (AvgIpc) is 2.87. The quantitative estimate of drug-likeness (QED) is 0.810. The molecule has 0 saturated carbocycles. The third-order valence-electron chi connectivity index (χ3n) is 3.18. The van der Waals surface area contributed by atoms with Gasteiger partial charge in [-0.25, -0.2) is 4.98 Å². The van der Waals surface area contributed by atoms with Gasteiger partial charge < -0.3 is 15.2 Å². The lowest BCUT2D eigenvalue weighted by atomic mass is 10.1. The first-order valence-electron chi connectivity index (χ1n) is 5.88. The van der Waals surface area contributed by atoms with Gasteiger partial charge in [0.25, 0.3) is 0 Å². The lowest BCUT2D eigenvalue weighted by molar-refractivity contribution is -0.690. The molecule has 0 aliphatic carbocycles. The number of carboxylic acids is 1. The largest absolute Gasteiger partial charge is 0.544 e. The van der Waals surface area contributed by atoms with Crippen LogP contribution < -0.4 is 10.4 Å². The average molecular weight is 295 g/mol. The van der Waals surface area contributed by atoms with Crippen LogP contribution in [0.1, 0.15) is 10.9 Å². The monoisotopic (exact) mass is 294 g/mol. The van der Waals surface area contributed by atoms with Gasteiger partial charge in [-0.3, -0.25) is 0 Å². The second-order valence-corrected chi connectivity index (χ2v) is 5.97. The molecule has 4 nitrogen and oxygen atoms in total. The maximum Gasteiger partial charge on any atom is 0.162 e. The van der Waals surface area contributed by atoms with E-state index in [0.29, 0.717) is 10.9 Å². The first-order chi connectivity index (χ1) is 9.15. The number of para-hydroxylation sites is 1. The van der Waals surface area contributed by atoms with Gasteiger partial charge in [-0.05, 0) is 12.1 Å². The van der Waals surface area contributed by atoms with Crippen LogP contribution in [0.25, 0.3) is 10.9 Å². The Morgan fingerprint density at radius 1 is 1.47 bits per heavy atom. The van der Waals surface area contributed by atoms with Crippen molar-refractivity contribution in [2.75, 3.05) is 5.75 Å². The van der Waals surface area contributed by atoms with Crippen molar-refractivity contribution in [2.45, 2.75) is 11.4 Å². The Morgan fingerprint density at radius 3 is 3.00 bits per heavy atom. The number of nitrogens with zero attached hydrogens (tertiary/aromatic N) is 1. The van der Waals surface area contributed by atoms with Gasteiger partial charge in [0.15, 0.2) is 5.37 Å². The summed E-state index contributed by atoms with van der Waals surface area (Å²) in [4.78, 5) is 15.2. The number of hydrogen-bond acceptors (Lipinski definition) is 4. The summed E-state index contributed by atoms with van der Waals surface area (Å²) in [5.74, 6) is -0.504. The molecule has 2 atom stereocenters. The highest BCUT2D eigenvalue weighted by Gasteiger charge is 2.32. The fourth-order valence-electron chi connectivity index (χ4n) is 2.18. The molecular weight excluding hydrogens is 284 g/mol. The van der Waals surface area contributed by atoms with Gasteiger partial charge in [-0.1, -0.05) is 41.6 Å². The summed E-state index contributed by atoms with van der Waals surface area (Å²) >= 11 is 7.76. The molecule has 3 rings (SSSR count). The van der Waals surface area contributed by atoms with Crippen LogP contribution in [0.5, 0.6) is 0 Å². The summed E-state index contributed by atoms with van der Waals surface area (Å²) in [6.45, 7) is 0. The molecule has 6 heteroatoms. The summed E-state index contributed by atoms with van der Waals surface area (Å²) in [7, 11) is 0. The number of carboxylic acid groups (broad SMARTS) is 1. The van der Waals surface area contributed by atoms with E-state index < -0.39 is 12.0 Å². The first kappa shape index (κ1) is 12.7. The second-order valence-electron chi connectivity index (χ2n) is 4.43. The summed E-state index contributed by atoms with van der Waals surface area (Å²) in [5.41, 5.74) is 1.71. The topological polar surface area (TPSA) is 69.6 Å². The van der Waals surface area contributed by atoms with Crippen molar-refractivity contribution in [3.63, 3.8) is 0 Å². The van der Waals surface area contributed by atoms with Crippen molar-refractivity contribution < 1.29 is 15.2 Å². The third-order valence-corrected chi connectivity index (χ3v) is 4.80. The highest BCUT2D eigenvalue weighted by Crippen LogP contribution is 2.32. The van der Waals surface area contributed by atoms with Crippen LogP contribution >= 0.6 is 23.4 Å². The van der Waals surface area contributed by atoms with Crippen molar-refractivity contribution in [3.8, 4) is 0 Å². The molecule has 2 heterocycles. The number of fused-ring (bicyclic) bond motifs is 1. The summed E-state index contributed by atoms with van der Waals surface area (Å²) in [5, 5.41) is 14.1. The van der Waals surface area contributed by atoms with Gasteiger partial charge in [-0.15, -0.1) is 0 Å². The van der Waals surface area contributed by atoms with E-state index in [1.807, 2.05) is 30.3 Å². The molecular formula is C13H11ClN2O2S. The molecule has 0 amide bonds. The van der Waals surface area contributed by atoms with E-state index in [9.17, 15) is 9.90 Å². The molecule has 1 fully saturated rings. The lowest BCUT2D eigenvalue weighted by Crippen LogP contribution is -2.90. The smallest absolute Gasteiger partial charge is 0.162 e. The number of rotatable bonds is 2. The second kappa shape index (κ2) is 5.00. The van der Waals surface area contributed by atoms with E-state index in [1.54, 1.807) is 17.1 Å². The molecule has 1 aliphatic rings. The van der Waals surface area contributed by atoms with Gasteiger partial charge in [0, 0.05) is 5.39 Å². The Kier molecular flexibility index (Phi) is 3.35. The maximum absolute atomic E-state index is 10.9. The molecule has 0 unspecified atom stereocenters. The number of hydrogen-bond donors (Lipinski definition) is 1. The molecule has 2 N–H and O–H groups in total. The molecule has 1 aliphatic heterocycles. The Bertz CT molecular complexity index is 650. The maximum atomic E-state index is 10.9. The number of aliphatic carboxylic acids is 1. The zero-order valence-electron chi connectivity index (χ0n) is 9.88. The van der Waals surface area contributed by atoms with Gasteiger partial charge in [0.05, 0.1) is 16.8 Å². The number of carbonyl (C=O) groups is 1. The van der Waals surface area contributed by atoms with E-state index in [-0.39, 0.29) is 5.37 Å². The Balaban J connectivity index is 1.97. The fourth-order valence-corrected chi connectivity index (χ4v) is 3.83. The predicted octanol–water partition coefficient (Wildman–Crippen LogP) is 0.316. The van der Waals surface area contributed by atoms with Crippen molar-refractivity contribution in [1.29, 1.82) is 0 Å². The minimum absolute atomic E-state index is 0.0347. The van der Waals surface area contributed by atoms with Crippen molar-refractivity contribution >= 4 is 40.2 Å². The van der Waals surface area contributed by atoms with Crippen LogP contribution in [0.3, 0.4) is 0 Å². The van der Waals surface area contributed by atoms with E-state index in [2.05, 4.69) is 4.98 Å². The van der Waals surface area contributed by atoms with Crippen LogP contribution in [-0.4, -0.2) is 22.7 Å². The standard InChI is InChI=1S/C13H11ClN2O2S/c14-11-8(12-16-10(6-19-12)13(17)18)5-7-3-1-2-4-9(7)15-11/h1-5,10,12,16H,6H2,(H,17,18)/t10-,12-/m0/s1. The number of nitrogens with two attached hydrogens (primary N) is 1. The first-order valence-corrected chi connectivity index (χ1v) is 7.30. The molecule has 19 heavy (non-hydrogen) atoms. The number of benzene rings is 1. The molecule has 1 aromatic carbocycles. The molecule has 2 aromatic rings. The van der Waals surface area contributed by atoms with Crippen molar-refractivity contribution in [2.24, 2.45) is 0 Å². The van der Waals surface area contributed by atoms with Gasteiger partial charge in [-0.2, -0.15) is 0 Å². The van der Waals surface area contributed by atoms with Crippen LogP contribution in [0, 0.1) is 0 Å². The van der Waals surface area contributed by atoms with Crippen LogP contribution in [0.2, 0.25) is 5.15 Å². The SMILES string of the molecule is O=C([O-])[C@@H]1CS[C@@H](c2cc3ccccc3nc2Cl)[NH2+]1. The minimum atomic E-state index is -1.03. The van der Waals surface area contributed by atoms with Crippen LogP contribution in [-0.2, 0) is 4.79 Å². The molecule has 0 spiro atoms. The Hall–Kier alpha value is -1.30. The number of thioether (sulfide) groups is 1. The Morgan fingerprint density at radius 2 is 2.26 bits per heavy atom. The third kappa shape index (κ3) is 2.41. The number of quaternary nitrogens is 1. The van der Waals surface area contributed by atoms with Crippen molar-refractivity contribution in [3.05, 3.63) is 41.0 Å². The van der Waals surface area contributed by atoms with E-state index in [1.165, 1.54) is 0 Å². The number of pyridine rings is 1. The fraction of sp³-hybridized carbons (Fsp3) is 0.231. The highest BCUT2D eigenvalue weighted by atomic mass is 35.5. The van der Waals surface area contributed by atoms with E-state index in [0.717, 1.165) is 16.5 Å². The summed E-state index contributed by atoms with van der Waals surface area (Å²) in [6.07, 6.45) is 0. The zero-order chi connectivity index (χ0) is 13.4. The van der Waals surface area contributed by atoms with Crippen LogP contribution in [0.15, 0.2) is 30.3 Å². The zero-order valence-corrected chi connectivity index (χ0v) is 11.4. The molecule has 1 aromatic heterocycles. The van der Waals surface area contributed by atoms with Crippen molar-refractivity contribution in [1.82, 2.24) is 4.98 Å². The van der Waals surface area contributed by atoms with Gasteiger partial charge >= 0.3 is 0 Å². The minimum Gasteiger partial charge on any atom is -0.544 e. The Labute approximate surface area is 119 Å². The number of aromatic nitrogens is 1. The van der Waals surface area contributed by atoms with Gasteiger partial charge in [0.1, 0.15) is 17.2 Å². The number of halogens is 1.